The normalized spacial score (nSPS) is 19.2. The number of carbonyl (C=O) groups excluding carboxylic acids is 3. The zero-order valence-corrected chi connectivity index (χ0v) is 17.4. The van der Waals surface area contributed by atoms with Gasteiger partial charge in [0.2, 0.25) is 17.7 Å². The van der Waals surface area contributed by atoms with Crippen LogP contribution in [0.1, 0.15) is 32.3 Å². The van der Waals surface area contributed by atoms with Crippen LogP contribution < -0.4 is 0 Å². The van der Waals surface area contributed by atoms with E-state index in [1.54, 1.807) is 29.2 Å². The zero-order chi connectivity index (χ0) is 20.9. The number of methoxy groups -OCH3 is 1. The maximum atomic E-state index is 13.4. The Bertz CT molecular complexity index is 779. The molecule has 28 heavy (non-hydrogen) atoms. The fourth-order valence-corrected chi connectivity index (χ4v) is 3.89. The second-order valence-corrected chi connectivity index (χ2v) is 7.53. The Labute approximate surface area is 171 Å². The van der Waals surface area contributed by atoms with Gasteiger partial charge in [0.05, 0.1) is 18.6 Å². The van der Waals surface area contributed by atoms with Crippen LogP contribution in [0.25, 0.3) is 0 Å². The van der Waals surface area contributed by atoms with Crippen molar-refractivity contribution in [3.05, 3.63) is 47.0 Å². The largest absolute Gasteiger partial charge is 0.383 e. The lowest BCUT2D eigenvalue weighted by Gasteiger charge is -2.31. The molecule has 0 aromatic heterocycles. The number of carbonyl (C=O) groups is 3. The van der Waals surface area contributed by atoms with Crippen molar-refractivity contribution in [2.45, 2.75) is 32.1 Å². The third kappa shape index (κ3) is 4.45. The number of hydrogen-bond donors (Lipinski definition) is 0. The average molecular weight is 407 g/mol. The van der Waals surface area contributed by atoms with Crippen LogP contribution in [0.4, 0.5) is 0 Å². The lowest BCUT2D eigenvalue weighted by Crippen LogP contribution is -2.44. The molecule has 0 spiro atoms. The average Bonchev–Trinajstić information content (AvgIpc) is 2.88. The second-order valence-electron chi connectivity index (χ2n) is 7.12. The molecule has 0 bridgehead atoms. The summed E-state index contributed by atoms with van der Waals surface area (Å²) in [4.78, 5) is 41.9. The third-order valence-corrected chi connectivity index (χ3v) is 5.29. The monoisotopic (exact) mass is 406 g/mol. The van der Waals surface area contributed by atoms with Gasteiger partial charge in [-0.2, -0.15) is 0 Å². The highest BCUT2D eigenvalue weighted by molar-refractivity contribution is 6.32. The minimum absolute atomic E-state index is 0.0877. The van der Waals surface area contributed by atoms with E-state index in [9.17, 15) is 14.4 Å². The van der Waals surface area contributed by atoms with E-state index in [1.807, 2.05) is 13.8 Å². The van der Waals surface area contributed by atoms with E-state index in [0.29, 0.717) is 23.7 Å². The number of halogens is 1. The van der Waals surface area contributed by atoms with Crippen LogP contribution in [0.2, 0.25) is 5.02 Å². The number of imide groups is 1. The quantitative estimate of drug-likeness (QED) is 0.467. The van der Waals surface area contributed by atoms with Crippen LogP contribution in [0.15, 0.2) is 36.4 Å². The SMILES string of the molecule is C=C(C)CN(CC)C(=O)C[C@@]1(c2ccccc2Cl)CC(=O)N(CCOC)C1=O. The second kappa shape index (κ2) is 9.34. The molecule has 3 amide bonds. The van der Waals surface area contributed by atoms with Crippen LogP contribution >= 0.6 is 11.6 Å². The molecule has 1 aliphatic heterocycles. The molecule has 1 aromatic rings. The van der Waals surface area contributed by atoms with E-state index in [0.717, 1.165) is 5.57 Å². The van der Waals surface area contributed by atoms with Crippen LogP contribution in [0.3, 0.4) is 0 Å². The van der Waals surface area contributed by atoms with Gasteiger partial charge in [0.25, 0.3) is 0 Å². The number of hydrogen-bond acceptors (Lipinski definition) is 4. The van der Waals surface area contributed by atoms with E-state index >= 15 is 0 Å². The molecule has 1 atom stereocenters. The van der Waals surface area contributed by atoms with Gasteiger partial charge in [-0.3, -0.25) is 19.3 Å². The number of nitrogens with zero attached hydrogens (tertiary/aromatic N) is 2. The number of likely N-dealkylation sites (tertiary alicyclic amines) is 1. The molecule has 0 radical (unpaired) electrons. The maximum absolute atomic E-state index is 13.4. The molecule has 0 unspecified atom stereocenters. The minimum atomic E-state index is -1.30. The van der Waals surface area contributed by atoms with E-state index < -0.39 is 11.3 Å². The van der Waals surface area contributed by atoms with E-state index in [4.69, 9.17) is 16.3 Å². The van der Waals surface area contributed by atoms with Crippen LogP contribution in [0.5, 0.6) is 0 Å². The smallest absolute Gasteiger partial charge is 0.241 e. The topological polar surface area (TPSA) is 66.9 Å². The summed E-state index contributed by atoms with van der Waals surface area (Å²) in [5.74, 6) is -0.930. The van der Waals surface area contributed by atoms with Gasteiger partial charge in [-0.25, -0.2) is 0 Å². The Morgan fingerprint density at radius 1 is 1.36 bits per heavy atom. The van der Waals surface area contributed by atoms with Crippen molar-refractivity contribution in [1.82, 2.24) is 9.80 Å². The lowest BCUT2D eigenvalue weighted by atomic mass is 9.75. The lowest BCUT2D eigenvalue weighted by molar-refractivity contribution is -0.143. The Hall–Kier alpha value is -2.18. The van der Waals surface area contributed by atoms with Crippen molar-refractivity contribution in [1.29, 1.82) is 0 Å². The molecule has 1 aromatic carbocycles. The van der Waals surface area contributed by atoms with E-state index in [1.165, 1.54) is 12.0 Å². The molecule has 1 saturated heterocycles. The molecule has 1 heterocycles. The summed E-state index contributed by atoms with van der Waals surface area (Å²) in [6.07, 6.45) is -0.207. The van der Waals surface area contributed by atoms with Crippen molar-refractivity contribution in [2.75, 3.05) is 33.4 Å². The molecule has 7 heteroatoms. The summed E-state index contributed by atoms with van der Waals surface area (Å²) in [6.45, 7) is 8.86. The van der Waals surface area contributed by atoms with Gasteiger partial charge in [-0.1, -0.05) is 42.0 Å². The molecule has 1 aliphatic rings. The highest BCUT2D eigenvalue weighted by atomic mass is 35.5. The highest BCUT2D eigenvalue weighted by Crippen LogP contribution is 2.43. The third-order valence-electron chi connectivity index (χ3n) is 4.97. The summed E-state index contributed by atoms with van der Waals surface area (Å²) < 4.78 is 5.02. The summed E-state index contributed by atoms with van der Waals surface area (Å²) in [6, 6.07) is 6.90. The fraction of sp³-hybridized carbons (Fsp3) is 0.476. The molecular weight excluding hydrogens is 380 g/mol. The fourth-order valence-electron chi connectivity index (χ4n) is 3.57. The number of likely N-dealkylation sites (N-methyl/N-ethyl adjacent to an activating group) is 1. The molecular formula is C21H27ClN2O4. The van der Waals surface area contributed by atoms with Crippen LogP contribution in [0, 0.1) is 0 Å². The molecule has 0 N–H and O–H groups in total. The number of rotatable bonds is 9. The van der Waals surface area contributed by atoms with Gasteiger partial charge in [-0.15, -0.1) is 0 Å². The highest BCUT2D eigenvalue weighted by Gasteiger charge is 2.54. The van der Waals surface area contributed by atoms with Crippen molar-refractivity contribution in [3.8, 4) is 0 Å². The standard InChI is InChI=1S/C21H27ClN2O4/c1-5-23(14-15(2)3)18(25)12-21(16-8-6-7-9-17(16)22)13-19(26)24(20(21)27)10-11-28-4/h6-9H,2,5,10-14H2,1,3-4H3/t21-/m0/s1. The van der Waals surface area contributed by atoms with Gasteiger partial charge >= 0.3 is 0 Å². The first-order valence-corrected chi connectivity index (χ1v) is 9.65. The van der Waals surface area contributed by atoms with Crippen molar-refractivity contribution in [2.24, 2.45) is 0 Å². The Kier molecular flexibility index (Phi) is 7.38. The molecule has 152 valence electrons. The Morgan fingerprint density at radius 3 is 2.61 bits per heavy atom. The van der Waals surface area contributed by atoms with Crippen molar-refractivity contribution >= 4 is 29.3 Å². The Balaban J connectivity index is 2.46. The van der Waals surface area contributed by atoms with Gasteiger partial charge in [-0.05, 0) is 25.5 Å². The molecule has 0 aliphatic carbocycles. The molecule has 6 nitrogen and oxygen atoms in total. The van der Waals surface area contributed by atoms with Gasteiger partial charge in [0.1, 0.15) is 0 Å². The first-order valence-electron chi connectivity index (χ1n) is 9.27. The first kappa shape index (κ1) is 22.1. The van der Waals surface area contributed by atoms with E-state index in [2.05, 4.69) is 6.58 Å². The number of ether oxygens (including phenoxy) is 1. The molecule has 0 saturated carbocycles. The first-order chi connectivity index (χ1) is 13.3. The Morgan fingerprint density at radius 2 is 2.04 bits per heavy atom. The molecule has 1 fully saturated rings. The maximum Gasteiger partial charge on any atom is 0.241 e. The van der Waals surface area contributed by atoms with Gasteiger partial charge in [0, 0.05) is 38.1 Å². The van der Waals surface area contributed by atoms with Gasteiger partial charge < -0.3 is 9.64 Å². The summed E-state index contributed by atoms with van der Waals surface area (Å²) in [5.41, 5.74) is 0.0511. The van der Waals surface area contributed by atoms with Crippen molar-refractivity contribution in [3.63, 3.8) is 0 Å². The number of amides is 3. The molecule has 2 rings (SSSR count). The van der Waals surface area contributed by atoms with Crippen molar-refractivity contribution < 1.29 is 19.1 Å². The predicted octanol–water partition coefficient (Wildman–Crippen LogP) is 2.80. The van der Waals surface area contributed by atoms with E-state index in [-0.39, 0.29) is 37.8 Å². The summed E-state index contributed by atoms with van der Waals surface area (Å²) in [5, 5.41) is 0.369. The summed E-state index contributed by atoms with van der Waals surface area (Å²) in [7, 11) is 1.51. The number of benzene rings is 1. The van der Waals surface area contributed by atoms with Gasteiger partial charge in [0.15, 0.2) is 0 Å². The van der Waals surface area contributed by atoms with Crippen LogP contribution in [-0.4, -0.2) is 60.9 Å². The predicted molar refractivity (Wildman–Crippen MR) is 108 cm³/mol. The summed E-state index contributed by atoms with van der Waals surface area (Å²) >= 11 is 6.39. The van der Waals surface area contributed by atoms with Crippen LogP contribution in [-0.2, 0) is 24.5 Å². The zero-order valence-electron chi connectivity index (χ0n) is 16.7. The minimum Gasteiger partial charge on any atom is -0.383 e.